The second kappa shape index (κ2) is 5.15. The number of anilines is 2. The normalized spacial score (nSPS) is 26.9. The van der Waals surface area contributed by atoms with E-state index in [4.69, 9.17) is 10.9 Å². The number of likely N-dealkylation sites (N-methyl/N-ethyl adjacent to an activating group) is 1. The van der Waals surface area contributed by atoms with Crippen molar-refractivity contribution in [1.82, 2.24) is 4.90 Å². The van der Waals surface area contributed by atoms with Crippen LogP contribution in [0.25, 0.3) is 0 Å². The van der Waals surface area contributed by atoms with E-state index in [-0.39, 0.29) is 4.90 Å². The molecule has 1 aromatic rings. The molecule has 2 aliphatic rings. The molecule has 0 spiro atoms. The molecule has 116 valence electrons. The van der Waals surface area contributed by atoms with Crippen molar-refractivity contribution in [2.45, 2.75) is 36.2 Å². The lowest BCUT2D eigenvalue weighted by molar-refractivity contribution is 0.254. The van der Waals surface area contributed by atoms with E-state index in [1.165, 1.54) is 12.5 Å². The third kappa shape index (κ3) is 2.73. The fourth-order valence-electron chi connectivity index (χ4n) is 3.55. The molecule has 0 radical (unpaired) electrons. The number of nitrogen functional groups attached to an aromatic ring is 1. The van der Waals surface area contributed by atoms with Crippen LogP contribution in [0.5, 0.6) is 0 Å². The molecule has 2 bridgehead atoms. The Bertz CT molecular complexity index is 646. The van der Waals surface area contributed by atoms with E-state index in [0.717, 1.165) is 25.9 Å². The van der Waals surface area contributed by atoms with E-state index in [1.807, 2.05) is 0 Å². The Labute approximate surface area is 125 Å². The summed E-state index contributed by atoms with van der Waals surface area (Å²) in [7, 11) is -1.62. The fourth-order valence-corrected chi connectivity index (χ4v) is 4.34. The van der Waals surface area contributed by atoms with Crippen LogP contribution in [0, 0.1) is 0 Å². The second-order valence-electron chi connectivity index (χ2n) is 6.06. The fraction of sp³-hybridized carbons (Fsp3) is 0.571. The number of nitrogens with two attached hydrogens (primary N) is 2. The van der Waals surface area contributed by atoms with Crippen molar-refractivity contribution in [3.05, 3.63) is 18.2 Å². The topological polar surface area (TPSA) is 92.7 Å². The van der Waals surface area contributed by atoms with Crippen LogP contribution < -0.4 is 15.8 Å². The first-order chi connectivity index (χ1) is 9.86. The van der Waals surface area contributed by atoms with Gasteiger partial charge in [-0.15, -0.1) is 0 Å². The van der Waals surface area contributed by atoms with E-state index in [0.29, 0.717) is 23.5 Å². The zero-order valence-corrected chi connectivity index (χ0v) is 13.0. The molecule has 2 atom stereocenters. The Morgan fingerprint density at radius 1 is 1.19 bits per heavy atom. The monoisotopic (exact) mass is 310 g/mol. The first-order valence-electron chi connectivity index (χ1n) is 7.25. The van der Waals surface area contributed by atoms with Gasteiger partial charge in [-0.1, -0.05) is 0 Å². The third-order valence-electron chi connectivity index (χ3n) is 4.78. The lowest BCUT2D eigenvalue weighted by Crippen LogP contribution is -2.37. The van der Waals surface area contributed by atoms with E-state index < -0.39 is 10.0 Å². The van der Waals surface area contributed by atoms with E-state index in [2.05, 4.69) is 16.8 Å². The number of primary sulfonamides is 1. The van der Waals surface area contributed by atoms with Crippen LogP contribution in [-0.4, -0.2) is 45.5 Å². The van der Waals surface area contributed by atoms with Gasteiger partial charge in [-0.3, -0.25) is 4.90 Å². The maximum absolute atomic E-state index is 11.8. The van der Waals surface area contributed by atoms with Crippen molar-refractivity contribution < 1.29 is 8.42 Å². The lowest BCUT2D eigenvalue weighted by atomic mass is 10.1. The smallest absolute Gasteiger partial charge is 0.240 e. The van der Waals surface area contributed by atoms with Gasteiger partial charge >= 0.3 is 0 Å². The zero-order valence-electron chi connectivity index (χ0n) is 12.2. The highest BCUT2D eigenvalue weighted by Crippen LogP contribution is 2.33. The molecule has 0 saturated carbocycles. The van der Waals surface area contributed by atoms with Crippen molar-refractivity contribution in [2.75, 3.05) is 30.8 Å². The Balaban J connectivity index is 1.97. The summed E-state index contributed by atoms with van der Waals surface area (Å²) in [6.07, 6.45) is 3.44. The minimum Gasteiger partial charge on any atom is -0.399 e. The first kappa shape index (κ1) is 14.6. The van der Waals surface area contributed by atoms with E-state index in [1.54, 1.807) is 12.1 Å². The highest BCUT2D eigenvalue weighted by Gasteiger charge is 2.35. The maximum atomic E-state index is 11.8. The van der Waals surface area contributed by atoms with Crippen LogP contribution in [0.4, 0.5) is 11.4 Å². The van der Waals surface area contributed by atoms with Gasteiger partial charge < -0.3 is 10.6 Å². The molecular weight excluding hydrogens is 288 g/mol. The molecule has 1 aromatic carbocycles. The molecule has 4 N–H and O–H groups in total. The first-order valence-corrected chi connectivity index (χ1v) is 8.80. The van der Waals surface area contributed by atoms with Crippen molar-refractivity contribution in [1.29, 1.82) is 0 Å². The predicted molar refractivity (Wildman–Crippen MR) is 83.6 cm³/mol. The quantitative estimate of drug-likeness (QED) is 0.780. The van der Waals surface area contributed by atoms with Gasteiger partial charge in [-0.25, -0.2) is 13.6 Å². The molecule has 0 aliphatic carbocycles. The Morgan fingerprint density at radius 3 is 2.62 bits per heavy atom. The SMILES string of the molecule is CN1C2CCC1CN(c1ccc(N)cc1S(N)(=O)=O)CC2. The number of sulfonamides is 1. The number of hydrogen-bond acceptors (Lipinski definition) is 5. The summed E-state index contributed by atoms with van der Waals surface area (Å²) in [5.41, 5.74) is 6.81. The number of nitrogens with zero attached hydrogens (tertiary/aromatic N) is 2. The molecule has 6 nitrogen and oxygen atoms in total. The summed E-state index contributed by atoms with van der Waals surface area (Å²) in [6, 6.07) is 6.04. The van der Waals surface area contributed by atoms with Crippen molar-refractivity contribution in [3.63, 3.8) is 0 Å². The Kier molecular flexibility index (Phi) is 3.59. The maximum Gasteiger partial charge on any atom is 0.240 e. The Morgan fingerprint density at radius 2 is 1.90 bits per heavy atom. The summed E-state index contributed by atoms with van der Waals surface area (Å²) in [6.45, 7) is 1.68. The highest BCUT2D eigenvalue weighted by atomic mass is 32.2. The van der Waals surface area contributed by atoms with Crippen molar-refractivity contribution in [2.24, 2.45) is 5.14 Å². The molecule has 0 aromatic heterocycles. The van der Waals surface area contributed by atoms with Gasteiger partial charge in [0.15, 0.2) is 0 Å². The molecule has 2 heterocycles. The molecule has 7 heteroatoms. The summed E-state index contributed by atoms with van der Waals surface area (Å²) < 4.78 is 23.7. The van der Waals surface area contributed by atoms with Gasteiger partial charge in [0, 0.05) is 30.9 Å². The molecule has 0 amide bonds. The number of hydrogen-bond donors (Lipinski definition) is 2. The van der Waals surface area contributed by atoms with E-state index >= 15 is 0 Å². The van der Waals surface area contributed by atoms with Crippen LogP contribution in [0.3, 0.4) is 0 Å². The third-order valence-corrected chi connectivity index (χ3v) is 5.72. The summed E-state index contributed by atoms with van der Waals surface area (Å²) >= 11 is 0. The molecule has 2 saturated heterocycles. The molecule has 2 aliphatic heterocycles. The van der Waals surface area contributed by atoms with Gasteiger partial charge in [0.1, 0.15) is 4.90 Å². The van der Waals surface area contributed by atoms with Crippen molar-refractivity contribution in [3.8, 4) is 0 Å². The van der Waals surface area contributed by atoms with Crippen molar-refractivity contribution >= 4 is 21.4 Å². The minimum absolute atomic E-state index is 0.128. The standard InChI is InChI=1S/C14H22N4O2S/c1-17-11-3-4-12(17)9-18(7-6-11)13-5-2-10(15)8-14(13)21(16,19)20/h2,5,8,11-12H,3-4,6-7,9,15H2,1H3,(H2,16,19,20). The largest absolute Gasteiger partial charge is 0.399 e. The summed E-state index contributed by atoms with van der Waals surface area (Å²) in [5, 5.41) is 5.36. The van der Waals surface area contributed by atoms with E-state index in [9.17, 15) is 8.42 Å². The average Bonchev–Trinajstić information content (AvgIpc) is 2.63. The number of rotatable bonds is 2. The van der Waals surface area contributed by atoms with Crippen LogP contribution in [0.1, 0.15) is 19.3 Å². The van der Waals surface area contributed by atoms with Gasteiger partial charge in [-0.05, 0) is 44.5 Å². The summed E-state index contributed by atoms with van der Waals surface area (Å²) in [4.78, 5) is 4.69. The summed E-state index contributed by atoms with van der Waals surface area (Å²) in [5.74, 6) is 0. The molecule has 3 rings (SSSR count). The molecular formula is C14H22N4O2S. The van der Waals surface area contributed by atoms with Gasteiger partial charge in [0.25, 0.3) is 0 Å². The minimum atomic E-state index is -3.78. The Hall–Kier alpha value is -1.31. The van der Waals surface area contributed by atoms with Crippen LogP contribution in [0.15, 0.2) is 23.1 Å². The van der Waals surface area contributed by atoms with Gasteiger partial charge in [-0.2, -0.15) is 0 Å². The average molecular weight is 310 g/mol. The highest BCUT2D eigenvalue weighted by molar-refractivity contribution is 7.89. The lowest BCUT2D eigenvalue weighted by Gasteiger charge is -2.29. The predicted octanol–water partition coefficient (Wildman–Crippen LogP) is 0.589. The zero-order chi connectivity index (χ0) is 15.2. The molecule has 2 unspecified atom stereocenters. The second-order valence-corrected chi connectivity index (χ2v) is 7.59. The van der Waals surface area contributed by atoms with Gasteiger partial charge in [0.2, 0.25) is 10.0 Å². The molecule has 2 fully saturated rings. The van der Waals surface area contributed by atoms with Gasteiger partial charge in [0.05, 0.1) is 5.69 Å². The number of fused-ring (bicyclic) bond motifs is 2. The number of benzene rings is 1. The molecule has 21 heavy (non-hydrogen) atoms. The van der Waals surface area contributed by atoms with Crippen LogP contribution in [-0.2, 0) is 10.0 Å². The van der Waals surface area contributed by atoms with Crippen LogP contribution >= 0.6 is 0 Å². The van der Waals surface area contributed by atoms with Crippen LogP contribution in [0.2, 0.25) is 0 Å².